The van der Waals surface area contributed by atoms with Crippen molar-refractivity contribution in [3.05, 3.63) is 23.8 Å². The lowest BCUT2D eigenvalue weighted by atomic mass is 9.89. The molecule has 0 saturated heterocycles. The Labute approximate surface area is 138 Å². The Morgan fingerprint density at radius 3 is 2.57 bits per heavy atom. The Hall–Kier alpha value is -1.62. The number of hydrogen-bond acceptors (Lipinski definition) is 5. The molecule has 0 bridgehead atoms. The van der Waals surface area contributed by atoms with Crippen LogP contribution in [0.4, 0.5) is 0 Å². The zero-order valence-corrected chi connectivity index (χ0v) is 14.6. The van der Waals surface area contributed by atoms with E-state index in [1.165, 1.54) is 14.2 Å². The highest BCUT2D eigenvalue weighted by Gasteiger charge is 2.42. The van der Waals surface area contributed by atoms with Crippen molar-refractivity contribution in [1.29, 1.82) is 0 Å². The quantitative estimate of drug-likeness (QED) is 0.610. The molecule has 1 rings (SSSR count). The summed E-state index contributed by atoms with van der Waals surface area (Å²) in [7, 11) is 2.64. The lowest BCUT2D eigenvalue weighted by Crippen LogP contribution is -2.44. The summed E-state index contributed by atoms with van der Waals surface area (Å²) in [5.74, 6) is -0.560. The van der Waals surface area contributed by atoms with E-state index >= 15 is 0 Å². The molecule has 0 heterocycles. The molecule has 2 atom stereocenters. The molecule has 130 valence electrons. The number of ether oxygens (including phenoxy) is 3. The Kier molecular flexibility index (Phi) is 8.03. The maximum absolute atomic E-state index is 12.3. The van der Waals surface area contributed by atoms with Crippen LogP contribution in [0, 0.1) is 5.92 Å². The van der Waals surface area contributed by atoms with Crippen LogP contribution in [0.2, 0.25) is 0 Å². The summed E-state index contributed by atoms with van der Waals surface area (Å²) in [6, 6.07) is 0. The molecule has 0 aliphatic heterocycles. The third-order valence-electron chi connectivity index (χ3n) is 4.21. The second-order valence-corrected chi connectivity index (χ2v) is 5.83. The normalized spacial score (nSPS) is 21.5. The van der Waals surface area contributed by atoms with Gasteiger partial charge in [0.25, 0.3) is 0 Å². The zero-order valence-electron chi connectivity index (χ0n) is 14.6. The van der Waals surface area contributed by atoms with Crippen molar-refractivity contribution in [2.24, 2.45) is 5.92 Å². The van der Waals surface area contributed by atoms with Gasteiger partial charge in [-0.25, -0.2) is 9.59 Å². The fourth-order valence-electron chi connectivity index (χ4n) is 2.63. The molecule has 0 amide bonds. The first-order chi connectivity index (χ1) is 11.0. The van der Waals surface area contributed by atoms with Crippen LogP contribution in [0.5, 0.6) is 0 Å². The highest BCUT2D eigenvalue weighted by atomic mass is 16.6. The van der Waals surface area contributed by atoms with E-state index in [9.17, 15) is 9.59 Å². The van der Waals surface area contributed by atoms with Crippen molar-refractivity contribution in [1.82, 2.24) is 0 Å². The minimum atomic E-state index is -1.24. The Bertz CT molecular complexity index is 466. The van der Waals surface area contributed by atoms with Gasteiger partial charge in [0.1, 0.15) is 0 Å². The summed E-state index contributed by atoms with van der Waals surface area (Å²) in [5.41, 5.74) is -0.839. The summed E-state index contributed by atoms with van der Waals surface area (Å²) in [5, 5.41) is 0. The van der Waals surface area contributed by atoms with E-state index in [0.29, 0.717) is 18.1 Å². The van der Waals surface area contributed by atoms with E-state index < -0.39 is 17.5 Å². The van der Waals surface area contributed by atoms with Gasteiger partial charge in [-0.15, -0.1) is 0 Å². The summed E-state index contributed by atoms with van der Waals surface area (Å²) < 4.78 is 15.6. The molecule has 2 unspecified atom stereocenters. The van der Waals surface area contributed by atoms with Crippen LogP contribution in [-0.4, -0.2) is 38.4 Å². The average Bonchev–Trinajstić information content (AvgIpc) is 2.60. The van der Waals surface area contributed by atoms with Gasteiger partial charge in [-0.2, -0.15) is 0 Å². The van der Waals surface area contributed by atoms with Crippen molar-refractivity contribution in [2.45, 2.75) is 51.6 Å². The second-order valence-electron chi connectivity index (χ2n) is 5.83. The van der Waals surface area contributed by atoms with Crippen LogP contribution < -0.4 is 0 Å². The van der Waals surface area contributed by atoms with Gasteiger partial charge < -0.3 is 14.2 Å². The molecular formula is C18H28O5. The Morgan fingerprint density at radius 2 is 2.00 bits per heavy atom. The lowest BCUT2D eigenvalue weighted by molar-refractivity contribution is -0.165. The minimum Gasteiger partial charge on any atom is -0.467 e. The highest BCUT2D eigenvalue weighted by molar-refractivity contribution is 5.92. The minimum absolute atomic E-state index is 0.132. The Morgan fingerprint density at radius 1 is 1.26 bits per heavy atom. The van der Waals surface area contributed by atoms with Crippen molar-refractivity contribution in [2.75, 3.05) is 20.8 Å². The monoisotopic (exact) mass is 324 g/mol. The molecule has 1 aliphatic carbocycles. The molecule has 0 spiro atoms. The molecule has 0 aromatic carbocycles. The fraction of sp³-hybridized carbons (Fsp3) is 0.667. The van der Waals surface area contributed by atoms with Crippen molar-refractivity contribution < 1.29 is 23.8 Å². The van der Waals surface area contributed by atoms with E-state index in [1.54, 1.807) is 18.2 Å². The number of carbonyl (C=O) groups is 2. The van der Waals surface area contributed by atoms with E-state index in [-0.39, 0.29) is 6.42 Å². The Balaban J connectivity index is 2.85. The second kappa shape index (κ2) is 9.50. The van der Waals surface area contributed by atoms with Gasteiger partial charge in [0.05, 0.1) is 20.8 Å². The van der Waals surface area contributed by atoms with Crippen LogP contribution in [0.25, 0.3) is 0 Å². The smallest absolute Gasteiger partial charge is 0.342 e. The van der Waals surface area contributed by atoms with Gasteiger partial charge in [0.15, 0.2) is 5.60 Å². The fourth-order valence-corrected chi connectivity index (χ4v) is 2.63. The van der Waals surface area contributed by atoms with Crippen molar-refractivity contribution in [3.63, 3.8) is 0 Å². The van der Waals surface area contributed by atoms with Gasteiger partial charge in [-0.3, -0.25) is 0 Å². The predicted molar refractivity (Wildman–Crippen MR) is 87.9 cm³/mol. The maximum Gasteiger partial charge on any atom is 0.342 e. The first kappa shape index (κ1) is 19.4. The summed E-state index contributed by atoms with van der Waals surface area (Å²) >= 11 is 0. The molecule has 23 heavy (non-hydrogen) atoms. The molecule has 0 radical (unpaired) electrons. The average molecular weight is 324 g/mol. The van der Waals surface area contributed by atoms with E-state index in [1.807, 2.05) is 0 Å². The maximum atomic E-state index is 12.3. The van der Waals surface area contributed by atoms with Crippen LogP contribution >= 0.6 is 0 Å². The molecule has 0 saturated carbocycles. The van der Waals surface area contributed by atoms with Crippen LogP contribution in [-0.2, 0) is 23.8 Å². The summed E-state index contributed by atoms with van der Waals surface area (Å²) in [6.07, 6.45) is 9.41. The van der Waals surface area contributed by atoms with Crippen molar-refractivity contribution >= 4 is 11.9 Å². The number of rotatable bonds is 9. The number of methoxy groups -OCH3 is 2. The molecule has 5 nitrogen and oxygen atoms in total. The molecule has 0 aromatic rings. The first-order valence-electron chi connectivity index (χ1n) is 8.22. The number of hydrogen-bond donors (Lipinski definition) is 0. The van der Waals surface area contributed by atoms with E-state index in [4.69, 9.17) is 14.2 Å². The van der Waals surface area contributed by atoms with Gasteiger partial charge in [0, 0.05) is 12.0 Å². The van der Waals surface area contributed by atoms with Gasteiger partial charge in [0.2, 0.25) is 0 Å². The highest BCUT2D eigenvalue weighted by Crippen LogP contribution is 2.30. The molecule has 1 aliphatic rings. The van der Waals surface area contributed by atoms with Crippen LogP contribution in [0.15, 0.2) is 23.8 Å². The van der Waals surface area contributed by atoms with E-state index in [2.05, 4.69) is 13.8 Å². The van der Waals surface area contributed by atoms with Crippen molar-refractivity contribution in [3.8, 4) is 0 Å². The van der Waals surface area contributed by atoms with Crippen LogP contribution in [0.3, 0.4) is 0 Å². The van der Waals surface area contributed by atoms with Gasteiger partial charge in [-0.05, 0) is 18.4 Å². The summed E-state index contributed by atoms with van der Waals surface area (Å²) in [4.78, 5) is 24.1. The number of allylic oxidation sites excluding steroid dienone is 2. The lowest BCUT2D eigenvalue weighted by Gasteiger charge is -2.32. The molecular weight excluding hydrogens is 296 g/mol. The van der Waals surface area contributed by atoms with Crippen LogP contribution in [0.1, 0.15) is 46.0 Å². The number of carbonyl (C=O) groups excluding carboxylic acids is 2. The summed E-state index contributed by atoms with van der Waals surface area (Å²) in [6.45, 7) is 4.73. The first-order valence-corrected chi connectivity index (χ1v) is 8.22. The largest absolute Gasteiger partial charge is 0.467 e. The molecule has 0 aromatic heterocycles. The molecule has 0 N–H and O–H groups in total. The number of esters is 2. The SMILES string of the molecule is CCCCC(CC)COC1(C(=O)OC)C=CC=C(C(=O)OC)C1. The third-order valence-corrected chi connectivity index (χ3v) is 4.21. The predicted octanol–water partition coefficient (Wildman–Crippen LogP) is 3.19. The topological polar surface area (TPSA) is 61.8 Å². The van der Waals surface area contributed by atoms with Gasteiger partial charge >= 0.3 is 11.9 Å². The number of unbranched alkanes of at least 4 members (excludes halogenated alkanes) is 1. The molecule has 5 heteroatoms. The standard InChI is InChI=1S/C18H28O5/c1-5-7-9-14(6-2)13-23-18(17(20)22-4)11-8-10-15(12-18)16(19)21-3/h8,10-11,14H,5-7,9,12-13H2,1-4H3. The molecule has 0 fully saturated rings. The third kappa shape index (κ3) is 5.20. The zero-order chi connectivity index (χ0) is 17.3. The van der Waals surface area contributed by atoms with E-state index in [0.717, 1.165) is 25.7 Å². The van der Waals surface area contributed by atoms with Gasteiger partial charge in [-0.1, -0.05) is 45.3 Å².